The van der Waals surface area contributed by atoms with Crippen LogP contribution >= 0.6 is 0 Å². The highest BCUT2D eigenvalue weighted by Gasteiger charge is 2.31. The largest absolute Gasteiger partial charge is 0.573 e. The molecule has 0 radical (unpaired) electrons. The minimum absolute atomic E-state index is 0.0308. The fourth-order valence-corrected chi connectivity index (χ4v) is 4.48. The standard InChI is InChI=1S/C19H19F3N2O6S/c1-28-16-7-2-13(12-17(16)31(26,27)24-8-10-29-11-9-24)18(25)23-14-3-5-15(6-4-14)30-19(20,21)22/h2-7,12H,8-11H2,1H3,(H,23,25). The Labute approximate surface area is 176 Å². The molecule has 1 amide bonds. The zero-order chi connectivity index (χ0) is 22.6. The number of nitrogens with one attached hydrogen (secondary N) is 1. The van der Waals surface area contributed by atoms with Crippen LogP contribution in [0.2, 0.25) is 0 Å². The molecule has 3 rings (SSSR count). The van der Waals surface area contributed by atoms with Gasteiger partial charge in [0.25, 0.3) is 5.91 Å². The molecule has 2 aromatic rings. The number of alkyl halides is 3. The molecule has 0 unspecified atom stereocenters. The number of halogens is 3. The van der Waals surface area contributed by atoms with Crippen molar-refractivity contribution in [2.45, 2.75) is 11.3 Å². The number of hydrogen-bond acceptors (Lipinski definition) is 6. The number of nitrogens with zero attached hydrogens (tertiary/aromatic N) is 1. The highest BCUT2D eigenvalue weighted by molar-refractivity contribution is 7.89. The summed E-state index contributed by atoms with van der Waals surface area (Å²) >= 11 is 0. The highest BCUT2D eigenvalue weighted by atomic mass is 32.2. The Balaban J connectivity index is 1.81. The molecule has 0 aromatic heterocycles. The average Bonchev–Trinajstić information content (AvgIpc) is 2.74. The lowest BCUT2D eigenvalue weighted by atomic mass is 10.2. The van der Waals surface area contributed by atoms with Crippen LogP contribution in [-0.2, 0) is 14.8 Å². The number of benzene rings is 2. The summed E-state index contributed by atoms with van der Waals surface area (Å²) in [5.74, 6) is -1.00. The number of ether oxygens (including phenoxy) is 3. The number of hydrogen-bond donors (Lipinski definition) is 1. The molecule has 1 N–H and O–H groups in total. The van der Waals surface area contributed by atoms with Gasteiger partial charge in [0.2, 0.25) is 10.0 Å². The number of morpholine rings is 1. The van der Waals surface area contributed by atoms with E-state index in [1.165, 1.54) is 41.7 Å². The SMILES string of the molecule is COc1ccc(C(=O)Nc2ccc(OC(F)(F)F)cc2)cc1S(=O)(=O)N1CCOCC1. The summed E-state index contributed by atoms with van der Waals surface area (Å²) in [5.41, 5.74) is 0.233. The zero-order valence-electron chi connectivity index (χ0n) is 16.3. The van der Waals surface area contributed by atoms with Crippen LogP contribution in [0.3, 0.4) is 0 Å². The second-order valence-corrected chi connectivity index (χ2v) is 8.31. The van der Waals surface area contributed by atoms with Gasteiger partial charge in [-0.15, -0.1) is 13.2 Å². The number of carbonyl (C=O) groups is 1. The first-order valence-corrected chi connectivity index (χ1v) is 10.5. The Morgan fingerprint density at radius 2 is 1.74 bits per heavy atom. The normalized spacial score (nSPS) is 15.4. The smallest absolute Gasteiger partial charge is 0.495 e. The third kappa shape index (κ3) is 5.66. The Morgan fingerprint density at radius 1 is 1.10 bits per heavy atom. The lowest BCUT2D eigenvalue weighted by Gasteiger charge is -2.26. The van der Waals surface area contributed by atoms with Crippen LogP contribution in [0.5, 0.6) is 11.5 Å². The zero-order valence-corrected chi connectivity index (χ0v) is 17.1. The molecular weight excluding hydrogens is 441 g/mol. The first-order chi connectivity index (χ1) is 14.6. The molecule has 1 aliphatic heterocycles. The Morgan fingerprint density at radius 3 is 2.32 bits per heavy atom. The Kier molecular flexibility index (Phi) is 6.72. The van der Waals surface area contributed by atoms with Crippen LogP contribution in [0.1, 0.15) is 10.4 Å². The first kappa shape index (κ1) is 22.8. The number of methoxy groups -OCH3 is 1. The van der Waals surface area contributed by atoms with E-state index in [0.29, 0.717) is 0 Å². The van der Waals surface area contributed by atoms with Gasteiger partial charge in [-0.25, -0.2) is 8.42 Å². The molecule has 0 atom stereocenters. The van der Waals surface area contributed by atoms with Gasteiger partial charge in [0, 0.05) is 24.3 Å². The minimum Gasteiger partial charge on any atom is -0.495 e. The van der Waals surface area contributed by atoms with E-state index >= 15 is 0 Å². The van der Waals surface area contributed by atoms with Crippen molar-refractivity contribution in [3.05, 3.63) is 48.0 Å². The van der Waals surface area contributed by atoms with Gasteiger partial charge in [-0.3, -0.25) is 4.79 Å². The second kappa shape index (κ2) is 9.12. The molecule has 0 spiro atoms. The van der Waals surface area contributed by atoms with E-state index in [9.17, 15) is 26.4 Å². The molecule has 1 aliphatic rings. The summed E-state index contributed by atoms with van der Waals surface area (Å²) in [6.07, 6.45) is -4.82. The number of anilines is 1. The maximum absolute atomic E-state index is 13.0. The molecular formula is C19H19F3N2O6S. The van der Waals surface area contributed by atoms with Crippen molar-refractivity contribution in [2.24, 2.45) is 0 Å². The molecule has 1 fully saturated rings. The van der Waals surface area contributed by atoms with Crippen LogP contribution in [0.25, 0.3) is 0 Å². The van der Waals surface area contributed by atoms with E-state index < -0.39 is 28.0 Å². The van der Waals surface area contributed by atoms with Crippen LogP contribution in [0.4, 0.5) is 18.9 Å². The van der Waals surface area contributed by atoms with Gasteiger partial charge in [0.15, 0.2) is 0 Å². The Bertz CT molecular complexity index is 1040. The van der Waals surface area contributed by atoms with Gasteiger partial charge < -0.3 is 19.5 Å². The van der Waals surface area contributed by atoms with Crippen molar-refractivity contribution in [3.63, 3.8) is 0 Å². The summed E-state index contributed by atoms with van der Waals surface area (Å²) in [5, 5.41) is 2.50. The van der Waals surface area contributed by atoms with Crippen LogP contribution in [0, 0.1) is 0 Å². The molecule has 168 valence electrons. The van der Waals surface area contributed by atoms with Crippen molar-refractivity contribution in [1.82, 2.24) is 4.31 Å². The third-order valence-electron chi connectivity index (χ3n) is 4.36. The Hall–Kier alpha value is -2.83. The van der Waals surface area contributed by atoms with E-state index in [1.54, 1.807) is 0 Å². The number of sulfonamides is 1. The van der Waals surface area contributed by atoms with E-state index in [4.69, 9.17) is 9.47 Å². The van der Waals surface area contributed by atoms with Gasteiger partial charge in [-0.2, -0.15) is 4.31 Å². The molecule has 0 saturated carbocycles. The minimum atomic E-state index is -4.82. The predicted molar refractivity (Wildman–Crippen MR) is 104 cm³/mol. The monoisotopic (exact) mass is 460 g/mol. The van der Waals surface area contributed by atoms with E-state index in [2.05, 4.69) is 10.1 Å². The molecule has 1 saturated heterocycles. The van der Waals surface area contributed by atoms with Crippen LogP contribution in [0.15, 0.2) is 47.4 Å². The predicted octanol–water partition coefficient (Wildman–Crippen LogP) is 2.87. The maximum Gasteiger partial charge on any atom is 0.573 e. The molecule has 0 aliphatic carbocycles. The molecule has 1 heterocycles. The van der Waals surface area contributed by atoms with Crippen molar-refractivity contribution in [2.75, 3.05) is 38.7 Å². The van der Waals surface area contributed by atoms with E-state index in [-0.39, 0.29) is 48.2 Å². The number of carbonyl (C=O) groups excluding carboxylic acids is 1. The fraction of sp³-hybridized carbons (Fsp3) is 0.316. The molecule has 2 aromatic carbocycles. The van der Waals surface area contributed by atoms with Gasteiger partial charge in [0.05, 0.1) is 20.3 Å². The summed E-state index contributed by atoms with van der Waals surface area (Å²) in [6, 6.07) is 8.49. The lowest BCUT2D eigenvalue weighted by Crippen LogP contribution is -2.40. The van der Waals surface area contributed by atoms with Crippen molar-refractivity contribution < 1.29 is 40.6 Å². The van der Waals surface area contributed by atoms with Gasteiger partial charge >= 0.3 is 6.36 Å². The van der Waals surface area contributed by atoms with Gasteiger partial charge in [0.1, 0.15) is 16.4 Å². The van der Waals surface area contributed by atoms with Crippen molar-refractivity contribution in [3.8, 4) is 11.5 Å². The number of amides is 1. The third-order valence-corrected chi connectivity index (χ3v) is 6.28. The molecule has 0 bridgehead atoms. The fourth-order valence-electron chi connectivity index (χ4n) is 2.89. The molecule has 12 heteroatoms. The quantitative estimate of drug-likeness (QED) is 0.713. The van der Waals surface area contributed by atoms with Crippen molar-refractivity contribution in [1.29, 1.82) is 0 Å². The summed E-state index contributed by atoms with van der Waals surface area (Å²) in [6.45, 7) is 0.869. The van der Waals surface area contributed by atoms with Crippen LogP contribution < -0.4 is 14.8 Å². The topological polar surface area (TPSA) is 94.2 Å². The van der Waals surface area contributed by atoms with Gasteiger partial charge in [-0.1, -0.05) is 0 Å². The summed E-state index contributed by atoms with van der Waals surface area (Å²) in [7, 11) is -2.61. The molecule has 31 heavy (non-hydrogen) atoms. The van der Waals surface area contributed by atoms with Crippen LogP contribution in [-0.4, -0.2) is 58.4 Å². The van der Waals surface area contributed by atoms with Crippen molar-refractivity contribution >= 4 is 21.6 Å². The highest BCUT2D eigenvalue weighted by Crippen LogP contribution is 2.29. The number of rotatable bonds is 6. The maximum atomic E-state index is 13.0. The van der Waals surface area contributed by atoms with E-state index in [1.807, 2.05) is 0 Å². The second-order valence-electron chi connectivity index (χ2n) is 6.41. The first-order valence-electron chi connectivity index (χ1n) is 9.03. The molecule has 8 nitrogen and oxygen atoms in total. The summed E-state index contributed by atoms with van der Waals surface area (Å²) < 4.78 is 78.1. The average molecular weight is 460 g/mol. The lowest BCUT2D eigenvalue weighted by molar-refractivity contribution is -0.274. The van der Waals surface area contributed by atoms with Gasteiger partial charge in [-0.05, 0) is 42.5 Å². The van der Waals surface area contributed by atoms with E-state index in [0.717, 1.165) is 12.1 Å². The summed E-state index contributed by atoms with van der Waals surface area (Å²) in [4.78, 5) is 12.4.